The molecule has 1 aromatic rings. The number of hydrogen-bond acceptors (Lipinski definition) is 2. The lowest BCUT2D eigenvalue weighted by molar-refractivity contribution is -0.136. The molecule has 4 nitrogen and oxygen atoms in total. The molecule has 1 atom stereocenters. The zero-order valence-electron chi connectivity index (χ0n) is 13.9. The number of rotatable bonds is 7. The van der Waals surface area contributed by atoms with Gasteiger partial charge < -0.3 is 9.80 Å². The predicted octanol–water partition coefficient (Wildman–Crippen LogP) is 3.45. The first kappa shape index (κ1) is 18.0. The Morgan fingerprint density at radius 1 is 1.30 bits per heavy atom. The van der Waals surface area contributed by atoms with Gasteiger partial charge in [-0.15, -0.1) is 0 Å². The smallest absolute Gasteiger partial charge is 0.227 e. The fourth-order valence-corrected chi connectivity index (χ4v) is 3.52. The van der Waals surface area contributed by atoms with Crippen molar-refractivity contribution >= 4 is 27.7 Å². The second-order valence-electron chi connectivity index (χ2n) is 6.13. The topological polar surface area (TPSA) is 40.6 Å². The van der Waals surface area contributed by atoms with Crippen LogP contribution in [0.5, 0.6) is 0 Å². The molecule has 1 aliphatic heterocycles. The van der Waals surface area contributed by atoms with Crippen molar-refractivity contribution in [2.75, 3.05) is 19.6 Å². The predicted molar refractivity (Wildman–Crippen MR) is 94.8 cm³/mol. The van der Waals surface area contributed by atoms with Gasteiger partial charge in [0.15, 0.2) is 0 Å². The standard InChI is InChI=1S/C18H25BrN2O2/c1-3-8-20(9-4-2)18(23)15-11-17(22)21(13-15)12-14-6-5-7-16(19)10-14/h5-7,10,15H,3-4,8-9,11-13H2,1-2H3/t15-/m1/s1. The van der Waals surface area contributed by atoms with E-state index in [1.807, 2.05) is 29.2 Å². The molecule has 1 aromatic carbocycles. The van der Waals surface area contributed by atoms with Crippen LogP contribution in [0.15, 0.2) is 28.7 Å². The summed E-state index contributed by atoms with van der Waals surface area (Å²) in [5.74, 6) is 0.0304. The normalized spacial score (nSPS) is 17.6. The van der Waals surface area contributed by atoms with E-state index in [0.29, 0.717) is 19.5 Å². The number of likely N-dealkylation sites (tertiary alicyclic amines) is 1. The third-order valence-electron chi connectivity index (χ3n) is 4.12. The molecule has 0 aromatic heterocycles. The monoisotopic (exact) mass is 380 g/mol. The van der Waals surface area contributed by atoms with Crippen molar-refractivity contribution in [3.05, 3.63) is 34.3 Å². The summed E-state index contributed by atoms with van der Waals surface area (Å²) in [5.41, 5.74) is 1.08. The quantitative estimate of drug-likeness (QED) is 0.726. The summed E-state index contributed by atoms with van der Waals surface area (Å²) in [6.45, 7) is 6.83. The molecule has 1 saturated heterocycles. The maximum Gasteiger partial charge on any atom is 0.227 e. The van der Waals surface area contributed by atoms with Crippen molar-refractivity contribution in [2.24, 2.45) is 5.92 Å². The summed E-state index contributed by atoms with van der Waals surface area (Å²) in [4.78, 5) is 28.6. The van der Waals surface area contributed by atoms with E-state index in [9.17, 15) is 9.59 Å². The molecule has 0 spiro atoms. The number of carbonyl (C=O) groups is 2. The van der Waals surface area contributed by atoms with Gasteiger partial charge >= 0.3 is 0 Å². The van der Waals surface area contributed by atoms with Crippen molar-refractivity contribution in [1.29, 1.82) is 0 Å². The molecule has 0 saturated carbocycles. The van der Waals surface area contributed by atoms with Crippen LogP contribution in [-0.2, 0) is 16.1 Å². The fourth-order valence-electron chi connectivity index (χ4n) is 3.08. The van der Waals surface area contributed by atoms with Crippen LogP contribution in [-0.4, -0.2) is 41.2 Å². The molecule has 1 aliphatic rings. The largest absolute Gasteiger partial charge is 0.342 e. The lowest BCUT2D eigenvalue weighted by Crippen LogP contribution is -2.38. The molecule has 0 N–H and O–H groups in total. The van der Waals surface area contributed by atoms with Gasteiger partial charge in [-0.05, 0) is 30.5 Å². The summed E-state index contributed by atoms with van der Waals surface area (Å²) in [6, 6.07) is 7.96. The first-order valence-corrected chi connectivity index (χ1v) is 9.15. The van der Waals surface area contributed by atoms with Gasteiger partial charge in [0.25, 0.3) is 0 Å². The SMILES string of the molecule is CCCN(CCC)C(=O)[C@@H]1CC(=O)N(Cc2cccc(Br)c2)C1. The van der Waals surface area contributed by atoms with Crippen molar-refractivity contribution in [2.45, 2.75) is 39.7 Å². The zero-order valence-corrected chi connectivity index (χ0v) is 15.5. The third kappa shape index (κ3) is 4.80. The van der Waals surface area contributed by atoms with Crippen molar-refractivity contribution in [3.63, 3.8) is 0 Å². The van der Waals surface area contributed by atoms with Crippen molar-refractivity contribution in [3.8, 4) is 0 Å². The molecule has 0 bridgehead atoms. The first-order chi connectivity index (χ1) is 11.0. The van der Waals surface area contributed by atoms with Crippen LogP contribution in [0.2, 0.25) is 0 Å². The highest BCUT2D eigenvalue weighted by Crippen LogP contribution is 2.23. The molecule has 1 fully saturated rings. The van der Waals surface area contributed by atoms with Gasteiger partial charge in [0.2, 0.25) is 11.8 Å². The number of amides is 2. The Hall–Kier alpha value is -1.36. The molecule has 2 amide bonds. The summed E-state index contributed by atoms with van der Waals surface area (Å²) in [5, 5.41) is 0. The molecule has 0 aliphatic carbocycles. The minimum absolute atomic E-state index is 0.0799. The minimum Gasteiger partial charge on any atom is -0.342 e. The molecule has 23 heavy (non-hydrogen) atoms. The van der Waals surface area contributed by atoms with Crippen molar-refractivity contribution in [1.82, 2.24) is 9.80 Å². The number of halogens is 1. The molecule has 5 heteroatoms. The number of carbonyl (C=O) groups excluding carboxylic acids is 2. The van der Waals surface area contributed by atoms with E-state index in [0.717, 1.165) is 36.0 Å². The summed E-state index contributed by atoms with van der Waals surface area (Å²) in [6.07, 6.45) is 2.25. The van der Waals surface area contributed by atoms with Gasteiger partial charge in [0.1, 0.15) is 0 Å². The van der Waals surface area contributed by atoms with E-state index < -0.39 is 0 Å². The van der Waals surface area contributed by atoms with Gasteiger partial charge in [-0.25, -0.2) is 0 Å². The number of benzene rings is 1. The minimum atomic E-state index is -0.187. The molecule has 2 rings (SSSR count). The second kappa shape index (κ2) is 8.48. The van der Waals surface area contributed by atoms with Gasteiger partial charge in [-0.3, -0.25) is 9.59 Å². The van der Waals surface area contributed by atoms with Gasteiger partial charge in [-0.2, -0.15) is 0 Å². The number of nitrogens with zero attached hydrogens (tertiary/aromatic N) is 2. The number of hydrogen-bond donors (Lipinski definition) is 0. The molecule has 0 radical (unpaired) electrons. The average Bonchev–Trinajstić information content (AvgIpc) is 2.87. The van der Waals surface area contributed by atoms with E-state index in [2.05, 4.69) is 29.8 Å². The average molecular weight is 381 g/mol. The molecular weight excluding hydrogens is 356 g/mol. The second-order valence-corrected chi connectivity index (χ2v) is 7.05. The van der Waals surface area contributed by atoms with E-state index in [1.165, 1.54) is 0 Å². The third-order valence-corrected chi connectivity index (χ3v) is 4.62. The van der Waals surface area contributed by atoms with E-state index in [-0.39, 0.29) is 17.7 Å². The summed E-state index contributed by atoms with van der Waals surface area (Å²) >= 11 is 3.45. The zero-order chi connectivity index (χ0) is 16.8. The molecular formula is C18H25BrN2O2. The van der Waals surface area contributed by atoms with Crippen LogP contribution in [0.3, 0.4) is 0 Å². The fraction of sp³-hybridized carbons (Fsp3) is 0.556. The van der Waals surface area contributed by atoms with Gasteiger partial charge in [0, 0.05) is 37.1 Å². The molecule has 1 heterocycles. The summed E-state index contributed by atoms with van der Waals surface area (Å²) < 4.78 is 1.01. The molecule has 126 valence electrons. The van der Waals surface area contributed by atoms with E-state index in [4.69, 9.17) is 0 Å². The lowest BCUT2D eigenvalue weighted by Gasteiger charge is -2.24. The summed E-state index contributed by atoms with van der Waals surface area (Å²) in [7, 11) is 0. The maximum absolute atomic E-state index is 12.7. The Morgan fingerprint density at radius 2 is 2.00 bits per heavy atom. The van der Waals surface area contributed by atoms with Gasteiger partial charge in [-0.1, -0.05) is 41.9 Å². The highest BCUT2D eigenvalue weighted by molar-refractivity contribution is 9.10. The van der Waals surface area contributed by atoms with E-state index in [1.54, 1.807) is 4.90 Å². The van der Waals surface area contributed by atoms with Crippen LogP contribution < -0.4 is 0 Å². The Kier molecular flexibility index (Phi) is 6.63. The maximum atomic E-state index is 12.7. The van der Waals surface area contributed by atoms with Crippen molar-refractivity contribution < 1.29 is 9.59 Å². The Bertz CT molecular complexity index is 556. The highest BCUT2D eigenvalue weighted by atomic mass is 79.9. The molecule has 0 unspecified atom stereocenters. The van der Waals surface area contributed by atoms with Crippen LogP contribution in [0, 0.1) is 5.92 Å². The lowest BCUT2D eigenvalue weighted by atomic mass is 10.1. The first-order valence-electron chi connectivity index (χ1n) is 8.36. The Morgan fingerprint density at radius 3 is 2.61 bits per heavy atom. The van der Waals surface area contributed by atoms with E-state index >= 15 is 0 Å². The van der Waals surface area contributed by atoms with Crippen LogP contribution in [0.1, 0.15) is 38.7 Å². The Labute approximate surface area is 147 Å². The Balaban J connectivity index is 1.99. The van der Waals surface area contributed by atoms with Crippen LogP contribution in [0.25, 0.3) is 0 Å². The van der Waals surface area contributed by atoms with Crippen LogP contribution in [0.4, 0.5) is 0 Å². The highest BCUT2D eigenvalue weighted by Gasteiger charge is 2.36. The van der Waals surface area contributed by atoms with Gasteiger partial charge in [0.05, 0.1) is 5.92 Å². The van der Waals surface area contributed by atoms with Crippen LogP contribution >= 0.6 is 15.9 Å².